The molecule has 0 aliphatic heterocycles. The molecule has 1 aromatic rings. The minimum absolute atomic E-state index is 0.0652. The van der Waals surface area contributed by atoms with E-state index in [1.165, 1.54) is 7.11 Å². The molecule has 0 bridgehead atoms. The van der Waals surface area contributed by atoms with Crippen molar-refractivity contribution in [3.05, 3.63) is 29.0 Å². The summed E-state index contributed by atoms with van der Waals surface area (Å²) in [6.07, 6.45) is 3.72. The number of carbonyl (C=O) groups excluding carboxylic acids is 1. The molecule has 0 atom stereocenters. The maximum atomic E-state index is 11.4. The number of rotatable bonds is 2. The highest BCUT2D eigenvalue weighted by Gasteiger charge is 2.28. The monoisotopic (exact) mass is 253 g/mol. The second-order valence-corrected chi connectivity index (χ2v) is 4.84. The van der Waals surface area contributed by atoms with Gasteiger partial charge in [0.1, 0.15) is 5.15 Å². The molecule has 0 unspecified atom stereocenters. The van der Waals surface area contributed by atoms with Crippen molar-refractivity contribution in [1.29, 1.82) is 0 Å². The van der Waals surface area contributed by atoms with E-state index in [4.69, 9.17) is 16.3 Å². The third-order valence-corrected chi connectivity index (χ3v) is 3.63. The number of methoxy groups -OCH3 is 1. The molecule has 0 radical (unpaired) electrons. The predicted molar refractivity (Wildman–Crippen MR) is 66.0 cm³/mol. The summed E-state index contributed by atoms with van der Waals surface area (Å²) >= 11 is 5.88. The number of nitrogens with zero attached hydrogens (tertiary/aromatic N) is 1. The quantitative estimate of drug-likeness (QED) is 0.600. The lowest BCUT2D eigenvalue weighted by Gasteiger charge is -2.26. The summed E-state index contributed by atoms with van der Waals surface area (Å²) in [6, 6.07) is 5.72. The van der Waals surface area contributed by atoms with Crippen LogP contribution in [0.15, 0.2) is 18.2 Å². The van der Waals surface area contributed by atoms with Gasteiger partial charge in [-0.1, -0.05) is 17.7 Å². The Morgan fingerprint density at radius 1 is 1.35 bits per heavy atom. The Kier molecular flexibility index (Phi) is 4.00. The van der Waals surface area contributed by atoms with Crippen LogP contribution in [0.3, 0.4) is 0 Å². The number of pyridine rings is 1. The summed E-state index contributed by atoms with van der Waals surface area (Å²) in [7, 11) is 1.45. The maximum absolute atomic E-state index is 11.4. The highest BCUT2D eigenvalue weighted by atomic mass is 35.5. The molecule has 1 aliphatic carbocycles. The van der Waals surface area contributed by atoms with Crippen molar-refractivity contribution in [1.82, 2.24) is 4.98 Å². The number of hydrogen-bond acceptors (Lipinski definition) is 3. The van der Waals surface area contributed by atoms with Crippen molar-refractivity contribution >= 4 is 17.6 Å². The summed E-state index contributed by atoms with van der Waals surface area (Å²) < 4.78 is 4.77. The lowest BCUT2D eigenvalue weighted by molar-refractivity contribution is -0.146. The minimum atomic E-state index is -0.0810. The Hall–Kier alpha value is -1.09. The predicted octanol–water partition coefficient (Wildman–Crippen LogP) is 3.18. The molecule has 0 amide bonds. The first-order valence-electron chi connectivity index (χ1n) is 5.91. The van der Waals surface area contributed by atoms with Gasteiger partial charge in [0.25, 0.3) is 0 Å². The van der Waals surface area contributed by atoms with Gasteiger partial charge in [-0.15, -0.1) is 0 Å². The molecule has 1 aromatic heterocycles. The van der Waals surface area contributed by atoms with Crippen LogP contribution in [0, 0.1) is 5.92 Å². The maximum Gasteiger partial charge on any atom is 0.308 e. The third kappa shape index (κ3) is 2.97. The van der Waals surface area contributed by atoms with Gasteiger partial charge in [-0.3, -0.25) is 4.79 Å². The largest absolute Gasteiger partial charge is 0.469 e. The van der Waals surface area contributed by atoms with Crippen LogP contribution in [-0.4, -0.2) is 18.1 Å². The van der Waals surface area contributed by atoms with Crippen molar-refractivity contribution in [3.8, 4) is 0 Å². The fourth-order valence-electron chi connectivity index (χ4n) is 2.44. The zero-order chi connectivity index (χ0) is 12.3. The highest BCUT2D eigenvalue weighted by Crippen LogP contribution is 2.35. The molecule has 0 aromatic carbocycles. The van der Waals surface area contributed by atoms with Crippen molar-refractivity contribution in [2.24, 2.45) is 5.92 Å². The van der Waals surface area contributed by atoms with Gasteiger partial charge in [-0.25, -0.2) is 4.98 Å². The molecule has 1 fully saturated rings. The van der Waals surface area contributed by atoms with E-state index in [0.29, 0.717) is 11.1 Å². The second kappa shape index (κ2) is 5.50. The van der Waals surface area contributed by atoms with Gasteiger partial charge in [0, 0.05) is 11.6 Å². The number of halogens is 1. The van der Waals surface area contributed by atoms with Crippen molar-refractivity contribution < 1.29 is 9.53 Å². The van der Waals surface area contributed by atoms with Gasteiger partial charge >= 0.3 is 5.97 Å². The van der Waals surface area contributed by atoms with Gasteiger partial charge in [0.15, 0.2) is 0 Å². The Morgan fingerprint density at radius 2 is 2.06 bits per heavy atom. The van der Waals surface area contributed by atoms with E-state index in [1.807, 2.05) is 12.1 Å². The first-order chi connectivity index (χ1) is 8.20. The summed E-state index contributed by atoms with van der Waals surface area (Å²) in [4.78, 5) is 15.7. The molecule has 1 heterocycles. The van der Waals surface area contributed by atoms with Crippen molar-refractivity contribution in [2.75, 3.05) is 7.11 Å². The van der Waals surface area contributed by atoms with Crippen LogP contribution in [0.2, 0.25) is 5.15 Å². The average molecular weight is 254 g/mol. The van der Waals surface area contributed by atoms with Crippen LogP contribution >= 0.6 is 11.6 Å². The lowest BCUT2D eigenvalue weighted by atomic mass is 9.80. The molecule has 2 rings (SSSR count). The minimum Gasteiger partial charge on any atom is -0.469 e. The van der Waals surface area contributed by atoms with Gasteiger partial charge in [0.05, 0.1) is 13.0 Å². The summed E-state index contributed by atoms with van der Waals surface area (Å²) in [5, 5.41) is 0.539. The summed E-state index contributed by atoms with van der Waals surface area (Å²) in [6.45, 7) is 0. The Labute approximate surface area is 106 Å². The molecule has 0 N–H and O–H groups in total. The molecule has 17 heavy (non-hydrogen) atoms. The molecular formula is C13H16ClNO2. The van der Waals surface area contributed by atoms with Gasteiger partial charge in [0.2, 0.25) is 0 Å². The van der Waals surface area contributed by atoms with Crippen LogP contribution in [0.4, 0.5) is 0 Å². The molecule has 3 nitrogen and oxygen atoms in total. The zero-order valence-corrected chi connectivity index (χ0v) is 10.6. The Balaban J connectivity index is 1.97. The van der Waals surface area contributed by atoms with Crippen LogP contribution in [0.5, 0.6) is 0 Å². The van der Waals surface area contributed by atoms with Crippen LogP contribution < -0.4 is 0 Å². The molecule has 92 valence electrons. The Bertz CT molecular complexity index is 400. The van der Waals surface area contributed by atoms with E-state index >= 15 is 0 Å². The molecule has 1 saturated carbocycles. The van der Waals surface area contributed by atoms with E-state index in [2.05, 4.69) is 4.98 Å². The fourth-order valence-corrected chi connectivity index (χ4v) is 2.61. The van der Waals surface area contributed by atoms with Crippen LogP contribution in [0.1, 0.15) is 37.3 Å². The second-order valence-electron chi connectivity index (χ2n) is 4.46. The third-order valence-electron chi connectivity index (χ3n) is 3.42. The standard InChI is InChI=1S/C13H16ClNO2/c1-17-13(16)10-7-5-9(6-8-10)11-3-2-4-12(14)15-11/h2-4,9-10H,5-8H2,1H3. The van der Waals surface area contributed by atoms with Gasteiger partial charge < -0.3 is 4.74 Å². The fraction of sp³-hybridized carbons (Fsp3) is 0.538. The van der Waals surface area contributed by atoms with Gasteiger partial charge in [-0.2, -0.15) is 0 Å². The first kappa shape index (κ1) is 12.4. The topological polar surface area (TPSA) is 39.2 Å². The van der Waals surface area contributed by atoms with E-state index in [-0.39, 0.29) is 11.9 Å². The molecular weight excluding hydrogens is 238 g/mol. The average Bonchev–Trinajstić information content (AvgIpc) is 2.38. The number of aromatic nitrogens is 1. The van der Waals surface area contributed by atoms with E-state index in [9.17, 15) is 4.79 Å². The smallest absolute Gasteiger partial charge is 0.308 e. The number of carbonyl (C=O) groups is 1. The van der Waals surface area contributed by atoms with Crippen molar-refractivity contribution in [2.45, 2.75) is 31.6 Å². The number of ether oxygens (including phenoxy) is 1. The zero-order valence-electron chi connectivity index (χ0n) is 9.86. The number of hydrogen-bond donors (Lipinski definition) is 0. The van der Waals surface area contributed by atoms with Crippen LogP contribution in [-0.2, 0) is 9.53 Å². The summed E-state index contributed by atoms with van der Waals surface area (Å²) in [5.74, 6) is 0.410. The molecule has 0 saturated heterocycles. The first-order valence-corrected chi connectivity index (χ1v) is 6.29. The number of esters is 1. The SMILES string of the molecule is COC(=O)C1CCC(c2cccc(Cl)n2)CC1. The van der Waals surface area contributed by atoms with Crippen molar-refractivity contribution in [3.63, 3.8) is 0 Å². The van der Waals surface area contributed by atoms with E-state index < -0.39 is 0 Å². The Morgan fingerprint density at radius 3 is 2.65 bits per heavy atom. The van der Waals surface area contributed by atoms with E-state index in [1.54, 1.807) is 6.07 Å². The highest BCUT2D eigenvalue weighted by molar-refractivity contribution is 6.29. The molecule has 1 aliphatic rings. The molecule has 4 heteroatoms. The van der Waals surface area contributed by atoms with Crippen LogP contribution in [0.25, 0.3) is 0 Å². The lowest BCUT2D eigenvalue weighted by Crippen LogP contribution is -2.22. The van der Waals surface area contributed by atoms with E-state index in [0.717, 1.165) is 31.4 Å². The molecule has 0 spiro atoms. The normalized spacial score (nSPS) is 24.4. The summed E-state index contributed by atoms with van der Waals surface area (Å²) in [5.41, 5.74) is 1.04. The van der Waals surface area contributed by atoms with Gasteiger partial charge in [-0.05, 0) is 37.8 Å².